The number of aryl methyl sites for hydroxylation is 1. The molecular weight excluding hydrogens is 486 g/mol. The molecule has 3 rings (SSSR count). The molecule has 0 radical (unpaired) electrons. The van der Waals surface area contributed by atoms with Crippen molar-refractivity contribution in [2.75, 3.05) is 11.9 Å². The summed E-state index contributed by atoms with van der Waals surface area (Å²) in [7, 11) is 0. The highest BCUT2D eigenvalue weighted by molar-refractivity contribution is 6.05. The van der Waals surface area contributed by atoms with E-state index < -0.39 is 0 Å². The van der Waals surface area contributed by atoms with E-state index in [1.807, 2.05) is 96.2 Å². The van der Waals surface area contributed by atoms with Crippen LogP contribution in [0, 0.1) is 6.92 Å². The Kier molecular flexibility index (Phi) is 18.7. The first-order valence-electron chi connectivity index (χ1n) is 13.5. The number of hydrogen-bond acceptors (Lipinski definition) is 4. The minimum Gasteiger partial charge on any atom is -0.466 e. The third-order valence-electron chi connectivity index (χ3n) is 4.96. The molecule has 0 atom stereocenters. The molecule has 5 heteroatoms. The van der Waals surface area contributed by atoms with Gasteiger partial charge in [0.1, 0.15) is 11.5 Å². The third-order valence-corrected chi connectivity index (χ3v) is 4.96. The summed E-state index contributed by atoms with van der Waals surface area (Å²) < 4.78 is 10.7. The Bertz CT molecular complexity index is 1170. The van der Waals surface area contributed by atoms with Crippen molar-refractivity contribution in [3.05, 3.63) is 114 Å². The van der Waals surface area contributed by atoms with E-state index >= 15 is 0 Å². The van der Waals surface area contributed by atoms with Crippen LogP contribution in [0.15, 0.2) is 102 Å². The van der Waals surface area contributed by atoms with Crippen LogP contribution in [0.2, 0.25) is 0 Å². The lowest BCUT2D eigenvalue weighted by molar-refractivity contribution is -0.142. The van der Waals surface area contributed by atoms with Crippen LogP contribution in [0.5, 0.6) is 0 Å². The lowest BCUT2D eigenvalue weighted by Crippen LogP contribution is -2.12. The molecule has 0 fully saturated rings. The first-order chi connectivity index (χ1) is 18.9. The predicted molar refractivity (Wildman–Crippen MR) is 165 cm³/mol. The Morgan fingerprint density at radius 3 is 2.15 bits per heavy atom. The molecule has 1 amide bonds. The van der Waals surface area contributed by atoms with Gasteiger partial charge in [-0.25, -0.2) is 0 Å². The zero-order valence-electron chi connectivity index (χ0n) is 24.8. The lowest BCUT2D eigenvalue weighted by atomic mass is 10.1. The second-order valence-corrected chi connectivity index (χ2v) is 7.72. The summed E-state index contributed by atoms with van der Waals surface area (Å²) >= 11 is 0. The molecular formula is C34H45NO4. The molecule has 0 spiro atoms. The molecule has 0 aliphatic rings. The first-order valence-corrected chi connectivity index (χ1v) is 13.5. The van der Waals surface area contributed by atoms with Crippen molar-refractivity contribution in [3.8, 4) is 11.3 Å². The van der Waals surface area contributed by atoms with Gasteiger partial charge in [-0.2, -0.15) is 0 Å². The van der Waals surface area contributed by atoms with Gasteiger partial charge in [-0.15, -0.1) is 0 Å². The summed E-state index contributed by atoms with van der Waals surface area (Å²) in [6.07, 6.45) is 8.06. The number of hydrogen-bond donors (Lipinski definition) is 1. The number of furan rings is 1. The second kappa shape index (κ2) is 20.9. The molecule has 1 heterocycles. The summed E-state index contributed by atoms with van der Waals surface area (Å²) in [6, 6.07) is 18.5. The number of carbonyl (C=O) groups excluding carboxylic acids is 2. The maximum atomic E-state index is 12.6. The standard InChI is InChI=1S/C22H21NO4.C8H12.2C2H6/c1-3-26-21(24)13-16-9-11-18(12-10-16)23-22(25)19-14-20(27-15(19)2)17-7-5-4-6-8-17;1-4-6-7-8(3)5-2;2*1-2/h4-12,14H,3,13H2,1-2H3,(H,23,25);4-7H,2H2,1,3H3;2*1-2H3/b;6-4-,8-7-;;. The van der Waals surface area contributed by atoms with Crippen LogP contribution in [-0.4, -0.2) is 18.5 Å². The van der Waals surface area contributed by atoms with Crippen LogP contribution in [0.25, 0.3) is 11.3 Å². The molecule has 0 aliphatic heterocycles. The maximum Gasteiger partial charge on any atom is 0.310 e. The van der Waals surface area contributed by atoms with Gasteiger partial charge in [-0.3, -0.25) is 9.59 Å². The SMILES string of the molecule is C=C/C(C)=C\C=C/C.CC.CC.CCOC(=O)Cc1ccc(NC(=O)c2cc(-c3ccccc3)oc2C)cc1. The summed E-state index contributed by atoms with van der Waals surface area (Å²) in [4.78, 5) is 24.1. The lowest BCUT2D eigenvalue weighted by Gasteiger charge is -2.06. The van der Waals surface area contributed by atoms with E-state index in [2.05, 4.69) is 11.9 Å². The van der Waals surface area contributed by atoms with Gasteiger partial charge in [0, 0.05) is 11.3 Å². The molecule has 1 N–H and O–H groups in total. The van der Waals surface area contributed by atoms with E-state index in [1.165, 1.54) is 5.57 Å². The van der Waals surface area contributed by atoms with Gasteiger partial charge in [-0.05, 0) is 51.5 Å². The Morgan fingerprint density at radius 1 is 1.00 bits per heavy atom. The highest BCUT2D eigenvalue weighted by Gasteiger charge is 2.16. The van der Waals surface area contributed by atoms with Crippen molar-refractivity contribution in [3.63, 3.8) is 0 Å². The van der Waals surface area contributed by atoms with Crippen LogP contribution in [0.1, 0.15) is 70.1 Å². The minimum atomic E-state index is -0.267. The molecule has 210 valence electrons. The Labute approximate surface area is 235 Å². The van der Waals surface area contributed by atoms with Crippen molar-refractivity contribution >= 4 is 17.6 Å². The Morgan fingerprint density at radius 2 is 1.62 bits per heavy atom. The van der Waals surface area contributed by atoms with Crippen LogP contribution < -0.4 is 5.32 Å². The number of esters is 1. The average Bonchev–Trinajstić information content (AvgIpc) is 3.37. The molecule has 39 heavy (non-hydrogen) atoms. The maximum absolute atomic E-state index is 12.6. The van der Waals surface area contributed by atoms with Gasteiger partial charge in [0.2, 0.25) is 0 Å². The number of rotatable bonds is 8. The van der Waals surface area contributed by atoms with Crippen molar-refractivity contribution < 1.29 is 18.7 Å². The van der Waals surface area contributed by atoms with E-state index in [9.17, 15) is 9.59 Å². The fourth-order valence-corrected chi connectivity index (χ4v) is 3.05. The number of anilines is 1. The number of ether oxygens (including phenoxy) is 1. The molecule has 0 unspecified atom stereocenters. The highest BCUT2D eigenvalue weighted by atomic mass is 16.5. The van der Waals surface area contributed by atoms with E-state index in [-0.39, 0.29) is 18.3 Å². The van der Waals surface area contributed by atoms with Crippen molar-refractivity contribution in [1.82, 2.24) is 0 Å². The summed E-state index contributed by atoms with van der Waals surface area (Å²) in [5, 5.41) is 2.85. The van der Waals surface area contributed by atoms with Crippen LogP contribution >= 0.6 is 0 Å². The van der Waals surface area contributed by atoms with Crippen LogP contribution in [0.3, 0.4) is 0 Å². The summed E-state index contributed by atoms with van der Waals surface area (Å²) in [5.41, 5.74) is 4.09. The van der Waals surface area contributed by atoms with E-state index in [4.69, 9.17) is 9.15 Å². The van der Waals surface area contributed by atoms with Crippen LogP contribution in [-0.2, 0) is 16.0 Å². The number of amides is 1. The van der Waals surface area contributed by atoms with Gasteiger partial charge >= 0.3 is 5.97 Å². The minimum absolute atomic E-state index is 0.212. The number of nitrogens with one attached hydrogen (secondary N) is 1. The fraction of sp³-hybridized carbons (Fsp3) is 0.294. The average molecular weight is 532 g/mol. The zero-order chi connectivity index (χ0) is 29.6. The monoisotopic (exact) mass is 531 g/mol. The second-order valence-electron chi connectivity index (χ2n) is 7.72. The third kappa shape index (κ3) is 13.3. The van der Waals surface area contributed by atoms with E-state index in [0.29, 0.717) is 29.4 Å². The molecule has 0 aliphatic carbocycles. The van der Waals surface area contributed by atoms with Gasteiger partial charge in [0.25, 0.3) is 5.91 Å². The smallest absolute Gasteiger partial charge is 0.310 e. The molecule has 5 nitrogen and oxygen atoms in total. The molecule has 0 saturated carbocycles. The van der Waals surface area contributed by atoms with Crippen LogP contribution in [0.4, 0.5) is 5.69 Å². The zero-order valence-corrected chi connectivity index (χ0v) is 24.8. The normalized spacial score (nSPS) is 10.1. The highest BCUT2D eigenvalue weighted by Crippen LogP contribution is 2.26. The number of carbonyl (C=O) groups is 2. The fourth-order valence-electron chi connectivity index (χ4n) is 3.05. The molecule has 0 saturated heterocycles. The molecule has 0 bridgehead atoms. The van der Waals surface area contributed by atoms with Crippen molar-refractivity contribution in [2.24, 2.45) is 0 Å². The van der Waals surface area contributed by atoms with Crippen molar-refractivity contribution in [2.45, 2.75) is 61.8 Å². The predicted octanol–water partition coefficient (Wildman–Crippen LogP) is 9.36. The quantitative estimate of drug-likeness (QED) is 0.232. The molecule has 2 aromatic carbocycles. The number of benzene rings is 2. The molecule has 3 aromatic rings. The largest absolute Gasteiger partial charge is 0.466 e. The summed E-state index contributed by atoms with van der Waals surface area (Å²) in [5.74, 6) is 0.710. The van der Waals surface area contributed by atoms with Gasteiger partial charge in [0.05, 0.1) is 18.6 Å². The van der Waals surface area contributed by atoms with Gasteiger partial charge in [-0.1, -0.05) is 107 Å². The Hall–Kier alpha value is -4.12. The Balaban J connectivity index is 0.00000102. The first kappa shape index (κ1) is 34.9. The topological polar surface area (TPSA) is 68.5 Å². The van der Waals surface area contributed by atoms with E-state index in [0.717, 1.165) is 11.1 Å². The summed E-state index contributed by atoms with van der Waals surface area (Å²) in [6.45, 7) is 19.5. The van der Waals surface area contributed by atoms with Gasteiger partial charge < -0.3 is 14.5 Å². The van der Waals surface area contributed by atoms with Gasteiger partial charge in [0.15, 0.2) is 0 Å². The number of allylic oxidation sites excluding steroid dienone is 5. The van der Waals surface area contributed by atoms with Crippen molar-refractivity contribution in [1.29, 1.82) is 0 Å². The molecule has 1 aromatic heterocycles. The van der Waals surface area contributed by atoms with E-state index in [1.54, 1.807) is 44.2 Å².